The van der Waals surface area contributed by atoms with E-state index in [1.165, 1.54) is 9.91 Å². The van der Waals surface area contributed by atoms with Crippen molar-refractivity contribution in [2.24, 2.45) is 5.10 Å². The van der Waals surface area contributed by atoms with Gasteiger partial charge in [0.15, 0.2) is 11.5 Å². The molecule has 2 aliphatic rings. The first-order valence-corrected chi connectivity index (χ1v) is 12.5. The number of hydrazone groups is 1. The molecule has 4 aromatic carbocycles. The lowest BCUT2D eigenvalue weighted by molar-refractivity contribution is -0.132. The van der Waals surface area contributed by atoms with Crippen molar-refractivity contribution in [3.05, 3.63) is 102 Å². The van der Waals surface area contributed by atoms with E-state index in [9.17, 15) is 14.4 Å². The zero-order chi connectivity index (χ0) is 27.1. The van der Waals surface area contributed by atoms with Crippen molar-refractivity contribution in [2.45, 2.75) is 12.5 Å². The monoisotopic (exact) mass is 519 g/mol. The van der Waals surface area contributed by atoms with E-state index in [1.807, 2.05) is 48.5 Å². The van der Waals surface area contributed by atoms with Crippen molar-refractivity contribution in [2.75, 3.05) is 25.7 Å². The van der Waals surface area contributed by atoms with E-state index in [0.717, 1.165) is 27.6 Å². The molecule has 8 nitrogen and oxygen atoms in total. The third-order valence-electron chi connectivity index (χ3n) is 7.21. The maximum Gasteiger partial charge on any atom is 0.299 e. The maximum absolute atomic E-state index is 13.8. The van der Waals surface area contributed by atoms with E-state index >= 15 is 0 Å². The lowest BCUT2D eigenvalue weighted by Gasteiger charge is -2.25. The fraction of sp³-hybridized carbons (Fsp3) is 0.161. The Hall–Kier alpha value is -4.98. The summed E-state index contributed by atoms with van der Waals surface area (Å²) in [4.78, 5) is 40.3. The van der Waals surface area contributed by atoms with Gasteiger partial charge in [0.25, 0.3) is 17.6 Å². The lowest BCUT2D eigenvalue weighted by atomic mass is 9.96. The highest BCUT2D eigenvalue weighted by atomic mass is 16.5. The minimum atomic E-state index is -0.717. The van der Waals surface area contributed by atoms with E-state index in [2.05, 4.69) is 6.07 Å². The van der Waals surface area contributed by atoms with Crippen molar-refractivity contribution in [1.82, 2.24) is 5.01 Å². The molecule has 0 radical (unpaired) electrons. The molecule has 1 atom stereocenters. The summed E-state index contributed by atoms with van der Waals surface area (Å²) in [5.74, 6) is -0.619. The predicted molar refractivity (Wildman–Crippen MR) is 147 cm³/mol. The van der Waals surface area contributed by atoms with Crippen LogP contribution in [0.3, 0.4) is 0 Å². The van der Waals surface area contributed by atoms with E-state index in [-0.39, 0.29) is 6.54 Å². The van der Waals surface area contributed by atoms with Gasteiger partial charge >= 0.3 is 0 Å². The number of hydrogen-bond acceptors (Lipinski definition) is 6. The molecule has 0 fully saturated rings. The van der Waals surface area contributed by atoms with Gasteiger partial charge in [-0.15, -0.1) is 0 Å². The molecule has 2 aliphatic heterocycles. The Labute approximate surface area is 225 Å². The highest BCUT2D eigenvalue weighted by molar-refractivity contribution is 6.52. The van der Waals surface area contributed by atoms with Crippen LogP contribution in [0.15, 0.2) is 90.0 Å². The van der Waals surface area contributed by atoms with Crippen LogP contribution >= 0.6 is 0 Å². The zero-order valence-corrected chi connectivity index (χ0v) is 21.5. The SMILES string of the molecule is COc1ccc(C2CC(c3ccc4ccccc4c3)=NN2C(=O)CN2C(=O)C(=O)c3ccccc32)cc1OC. The second kappa shape index (κ2) is 9.72. The standard InChI is InChI=1S/C31H25N3O5/c1-38-27-14-13-22(16-28(27)39-2)26-17-24(21-12-11-19-7-3-4-8-20(19)15-21)32-34(26)29(35)18-33-25-10-6-5-9-23(25)30(36)31(33)37/h3-16,26H,17-18H2,1-2H3. The first kappa shape index (κ1) is 24.4. The van der Waals surface area contributed by atoms with Gasteiger partial charge in [-0.1, -0.05) is 54.6 Å². The Kier molecular flexibility index (Phi) is 6.07. The van der Waals surface area contributed by atoms with Crippen LogP contribution in [-0.2, 0) is 9.59 Å². The minimum Gasteiger partial charge on any atom is -0.493 e. The number of amides is 2. The second-order valence-corrected chi connectivity index (χ2v) is 9.42. The highest BCUT2D eigenvalue weighted by Crippen LogP contribution is 2.38. The minimum absolute atomic E-state index is 0.300. The molecule has 0 spiro atoms. The van der Waals surface area contributed by atoms with Crippen molar-refractivity contribution in [1.29, 1.82) is 0 Å². The van der Waals surface area contributed by atoms with E-state index < -0.39 is 23.6 Å². The molecule has 8 heteroatoms. The first-order chi connectivity index (χ1) is 19.0. The van der Waals surface area contributed by atoms with Crippen LogP contribution in [0, 0.1) is 0 Å². The summed E-state index contributed by atoms with van der Waals surface area (Å²) < 4.78 is 10.9. The summed E-state index contributed by atoms with van der Waals surface area (Å²) >= 11 is 0. The Morgan fingerprint density at radius 2 is 1.62 bits per heavy atom. The molecule has 0 saturated heterocycles. The summed E-state index contributed by atoms with van der Waals surface area (Å²) in [5, 5.41) is 8.37. The van der Waals surface area contributed by atoms with Gasteiger partial charge in [0, 0.05) is 6.42 Å². The number of methoxy groups -OCH3 is 2. The van der Waals surface area contributed by atoms with Crippen LogP contribution in [0.2, 0.25) is 0 Å². The van der Waals surface area contributed by atoms with E-state index in [1.54, 1.807) is 44.6 Å². The van der Waals surface area contributed by atoms with E-state index in [4.69, 9.17) is 14.6 Å². The van der Waals surface area contributed by atoms with Crippen molar-refractivity contribution >= 4 is 39.8 Å². The van der Waals surface area contributed by atoms with Gasteiger partial charge in [-0.25, -0.2) is 5.01 Å². The van der Waals surface area contributed by atoms with Gasteiger partial charge in [-0.05, 0) is 52.2 Å². The van der Waals surface area contributed by atoms with Crippen LogP contribution in [0.25, 0.3) is 10.8 Å². The van der Waals surface area contributed by atoms with Crippen LogP contribution in [0.4, 0.5) is 5.69 Å². The van der Waals surface area contributed by atoms with Gasteiger partial charge in [0.2, 0.25) is 0 Å². The molecule has 0 saturated carbocycles. The number of ketones is 1. The Morgan fingerprint density at radius 1 is 0.872 bits per heavy atom. The third-order valence-corrected chi connectivity index (χ3v) is 7.21. The van der Waals surface area contributed by atoms with Gasteiger partial charge in [-0.2, -0.15) is 5.10 Å². The molecule has 4 aromatic rings. The van der Waals surface area contributed by atoms with Crippen molar-refractivity contribution in [3.8, 4) is 11.5 Å². The number of rotatable bonds is 6. The number of anilines is 1. The summed E-state index contributed by atoms with van der Waals surface area (Å²) in [7, 11) is 3.12. The molecule has 0 aromatic heterocycles. The fourth-order valence-corrected chi connectivity index (χ4v) is 5.22. The number of para-hydroxylation sites is 1. The molecule has 1 unspecified atom stereocenters. The van der Waals surface area contributed by atoms with Crippen LogP contribution in [-0.4, -0.2) is 49.1 Å². The molecule has 6 rings (SSSR count). The number of Topliss-reactive ketones (excluding diaryl/α,β-unsaturated/α-hetero) is 1. The number of carbonyl (C=O) groups is 3. The number of benzene rings is 4. The van der Waals surface area contributed by atoms with Crippen molar-refractivity contribution < 1.29 is 23.9 Å². The van der Waals surface area contributed by atoms with Crippen LogP contribution in [0.1, 0.15) is 33.9 Å². The maximum atomic E-state index is 13.8. The van der Waals surface area contributed by atoms with Gasteiger partial charge in [0.1, 0.15) is 6.54 Å². The fourth-order valence-electron chi connectivity index (χ4n) is 5.22. The van der Waals surface area contributed by atoms with E-state index in [0.29, 0.717) is 29.2 Å². The second-order valence-electron chi connectivity index (χ2n) is 9.42. The Bertz CT molecular complexity index is 1680. The number of nitrogens with zero attached hydrogens (tertiary/aromatic N) is 3. The molecule has 2 amide bonds. The molecule has 0 bridgehead atoms. The number of fused-ring (bicyclic) bond motifs is 2. The molecule has 39 heavy (non-hydrogen) atoms. The zero-order valence-electron chi connectivity index (χ0n) is 21.5. The predicted octanol–water partition coefficient (Wildman–Crippen LogP) is 4.76. The molecule has 0 N–H and O–H groups in total. The van der Waals surface area contributed by atoms with Gasteiger partial charge in [0.05, 0.1) is 37.2 Å². The van der Waals surface area contributed by atoms with Crippen LogP contribution in [0.5, 0.6) is 11.5 Å². The number of ether oxygens (including phenoxy) is 2. The smallest absolute Gasteiger partial charge is 0.299 e. The largest absolute Gasteiger partial charge is 0.493 e. The van der Waals surface area contributed by atoms with Gasteiger partial charge in [-0.3, -0.25) is 19.3 Å². The van der Waals surface area contributed by atoms with Crippen LogP contribution < -0.4 is 14.4 Å². The topological polar surface area (TPSA) is 88.5 Å². The molecule has 0 aliphatic carbocycles. The third kappa shape index (κ3) is 4.20. The Morgan fingerprint density at radius 3 is 2.41 bits per heavy atom. The summed E-state index contributed by atoms with van der Waals surface area (Å²) in [5.41, 5.74) is 3.20. The quantitative estimate of drug-likeness (QED) is 0.343. The normalized spacial score (nSPS) is 16.5. The van der Waals surface area contributed by atoms with Gasteiger partial charge < -0.3 is 9.47 Å². The number of hydrogen-bond donors (Lipinski definition) is 0. The van der Waals surface area contributed by atoms with Crippen molar-refractivity contribution in [3.63, 3.8) is 0 Å². The average molecular weight is 520 g/mol. The lowest BCUT2D eigenvalue weighted by Crippen LogP contribution is -2.40. The molecular formula is C31H25N3O5. The summed E-state index contributed by atoms with van der Waals surface area (Å²) in [6.07, 6.45) is 0.461. The molecular weight excluding hydrogens is 494 g/mol. The summed E-state index contributed by atoms with van der Waals surface area (Å²) in [6.45, 7) is -0.306. The highest BCUT2D eigenvalue weighted by Gasteiger charge is 2.40. The summed E-state index contributed by atoms with van der Waals surface area (Å²) in [6, 6.07) is 25.9. The molecule has 194 valence electrons. The number of carbonyl (C=O) groups excluding carboxylic acids is 3. The Balaban J connectivity index is 1.37. The average Bonchev–Trinajstić information content (AvgIpc) is 3.53. The molecule has 2 heterocycles. The first-order valence-electron chi connectivity index (χ1n) is 12.5.